The summed E-state index contributed by atoms with van der Waals surface area (Å²) in [5.74, 6) is 0. The van der Waals surface area contributed by atoms with E-state index in [0.717, 1.165) is 5.69 Å². The van der Waals surface area contributed by atoms with Gasteiger partial charge in [-0.05, 0) is 84.9 Å². The number of anilines is 3. The molecule has 1 nitrogen and oxygen atoms in total. The molecule has 8 aromatic carbocycles. The fourth-order valence-electron chi connectivity index (χ4n) is 7.14. The van der Waals surface area contributed by atoms with Crippen molar-refractivity contribution in [1.82, 2.24) is 0 Å². The summed E-state index contributed by atoms with van der Waals surface area (Å²) in [6.07, 6.45) is 0. The Kier molecular flexibility index (Phi) is 5.27. The topological polar surface area (TPSA) is 3.24 Å². The SMILES string of the molecule is c1ccc(N2c3ccccc3-c3ccccc3-c3c(-c4ccc5c6ccccc6c6ccccc6c5c4)cccc32)cc1. The van der Waals surface area contributed by atoms with Crippen LogP contribution < -0.4 is 4.90 Å². The van der Waals surface area contributed by atoms with Gasteiger partial charge in [0.15, 0.2) is 0 Å². The van der Waals surface area contributed by atoms with Crippen LogP contribution in [0.3, 0.4) is 0 Å². The minimum atomic E-state index is 1.15. The molecule has 0 atom stereocenters. The van der Waals surface area contributed by atoms with Gasteiger partial charge >= 0.3 is 0 Å². The maximum atomic E-state index is 2.43. The van der Waals surface area contributed by atoms with Crippen LogP contribution in [0.2, 0.25) is 0 Å². The van der Waals surface area contributed by atoms with Gasteiger partial charge in [-0.3, -0.25) is 0 Å². The van der Waals surface area contributed by atoms with E-state index in [1.54, 1.807) is 0 Å². The quantitative estimate of drug-likeness (QED) is 0.195. The third kappa shape index (κ3) is 3.58. The average Bonchev–Trinajstić information content (AvgIpc) is 3.21. The second-order valence-corrected chi connectivity index (χ2v) is 11.3. The Balaban J connectivity index is 1.39. The van der Waals surface area contributed by atoms with E-state index >= 15 is 0 Å². The Bertz CT molecular complexity index is 2310. The zero-order chi connectivity index (χ0) is 28.3. The lowest BCUT2D eigenvalue weighted by molar-refractivity contribution is 1.29. The molecule has 1 heteroatoms. The van der Waals surface area contributed by atoms with Gasteiger partial charge in [-0.25, -0.2) is 0 Å². The summed E-state index contributed by atoms with van der Waals surface area (Å²) in [5.41, 5.74) is 11.0. The monoisotopic (exact) mass is 545 g/mol. The molecule has 200 valence electrons. The first-order valence-electron chi connectivity index (χ1n) is 14.9. The van der Waals surface area contributed by atoms with Gasteiger partial charge in [0.25, 0.3) is 0 Å². The number of nitrogens with zero attached hydrogens (tertiary/aromatic N) is 1. The van der Waals surface area contributed by atoms with Crippen LogP contribution in [0.15, 0.2) is 164 Å². The lowest BCUT2D eigenvalue weighted by Crippen LogP contribution is -2.11. The second-order valence-electron chi connectivity index (χ2n) is 11.3. The number of benzene rings is 8. The molecule has 0 saturated carbocycles. The Labute approximate surface area is 250 Å². The molecule has 0 fully saturated rings. The maximum absolute atomic E-state index is 2.43. The number of hydrogen-bond acceptors (Lipinski definition) is 1. The summed E-state index contributed by atoms with van der Waals surface area (Å²) in [5, 5.41) is 7.76. The largest absolute Gasteiger partial charge is 0.309 e. The van der Waals surface area contributed by atoms with Gasteiger partial charge in [0.1, 0.15) is 0 Å². The van der Waals surface area contributed by atoms with E-state index in [1.165, 1.54) is 77.1 Å². The third-order valence-electron chi connectivity index (χ3n) is 8.98. The molecule has 0 N–H and O–H groups in total. The van der Waals surface area contributed by atoms with E-state index in [2.05, 4.69) is 169 Å². The molecule has 43 heavy (non-hydrogen) atoms. The zero-order valence-corrected chi connectivity index (χ0v) is 23.5. The molecule has 0 unspecified atom stereocenters. The molecule has 0 bridgehead atoms. The number of fused-ring (bicyclic) bond motifs is 11. The molecule has 0 aliphatic carbocycles. The van der Waals surface area contributed by atoms with Crippen molar-refractivity contribution in [3.8, 4) is 33.4 Å². The molecule has 0 radical (unpaired) electrons. The molecular formula is C42H27N. The summed E-state index contributed by atoms with van der Waals surface area (Å²) < 4.78 is 0. The van der Waals surface area contributed by atoms with E-state index in [9.17, 15) is 0 Å². The summed E-state index contributed by atoms with van der Waals surface area (Å²) in [6.45, 7) is 0. The van der Waals surface area contributed by atoms with E-state index in [4.69, 9.17) is 0 Å². The predicted molar refractivity (Wildman–Crippen MR) is 184 cm³/mol. The van der Waals surface area contributed by atoms with E-state index in [1.807, 2.05) is 0 Å². The number of rotatable bonds is 2. The molecule has 0 aromatic heterocycles. The molecule has 0 amide bonds. The van der Waals surface area contributed by atoms with Crippen molar-refractivity contribution in [3.05, 3.63) is 164 Å². The molecule has 0 spiro atoms. The molecular weight excluding hydrogens is 518 g/mol. The van der Waals surface area contributed by atoms with Crippen molar-refractivity contribution in [2.45, 2.75) is 0 Å². The van der Waals surface area contributed by atoms with Crippen LogP contribution >= 0.6 is 0 Å². The van der Waals surface area contributed by atoms with E-state index in [0.29, 0.717) is 0 Å². The van der Waals surface area contributed by atoms with Gasteiger partial charge in [-0.1, -0.05) is 133 Å². The van der Waals surface area contributed by atoms with Crippen molar-refractivity contribution in [1.29, 1.82) is 0 Å². The molecule has 1 heterocycles. The molecule has 1 aliphatic heterocycles. The number of hydrogen-bond donors (Lipinski definition) is 0. The maximum Gasteiger partial charge on any atom is 0.0546 e. The van der Waals surface area contributed by atoms with Crippen molar-refractivity contribution in [3.63, 3.8) is 0 Å². The lowest BCUT2D eigenvalue weighted by Gasteiger charge is -2.28. The van der Waals surface area contributed by atoms with Gasteiger partial charge in [-0.15, -0.1) is 0 Å². The zero-order valence-electron chi connectivity index (χ0n) is 23.5. The van der Waals surface area contributed by atoms with Crippen LogP contribution in [0.5, 0.6) is 0 Å². The fraction of sp³-hybridized carbons (Fsp3) is 0. The predicted octanol–water partition coefficient (Wildman–Crippen LogP) is 11.9. The minimum absolute atomic E-state index is 1.15. The fourth-order valence-corrected chi connectivity index (χ4v) is 7.14. The van der Waals surface area contributed by atoms with Crippen LogP contribution in [-0.4, -0.2) is 0 Å². The highest BCUT2D eigenvalue weighted by molar-refractivity contribution is 6.26. The highest BCUT2D eigenvalue weighted by Crippen LogP contribution is 2.53. The smallest absolute Gasteiger partial charge is 0.0546 e. The van der Waals surface area contributed by atoms with Gasteiger partial charge < -0.3 is 4.90 Å². The second kappa shape index (κ2) is 9.44. The van der Waals surface area contributed by atoms with Crippen molar-refractivity contribution < 1.29 is 0 Å². The minimum Gasteiger partial charge on any atom is -0.309 e. The van der Waals surface area contributed by atoms with Gasteiger partial charge in [0, 0.05) is 16.8 Å². The Morgan fingerprint density at radius 1 is 0.302 bits per heavy atom. The van der Waals surface area contributed by atoms with Crippen LogP contribution in [0, 0.1) is 0 Å². The van der Waals surface area contributed by atoms with Gasteiger partial charge in [0.05, 0.1) is 11.4 Å². The van der Waals surface area contributed by atoms with Crippen LogP contribution in [-0.2, 0) is 0 Å². The highest BCUT2D eigenvalue weighted by Gasteiger charge is 2.27. The van der Waals surface area contributed by atoms with Crippen LogP contribution in [0.1, 0.15) is 0 Å². The Morgan fingerprint density at radius 3 is 1.53 bits per heavy atom. The van der Waals surface area contributed by atoms with Crippen LogP contribution in [0.4, 0.5) is 17.1 Å². The van der Waals surface area contributed by atoms with Gasteiger partial charge in [-0.2, -0.15) is 0 Å². The van der Waals surface area contributed by atoms with Crippen molar-refractivity contribution in [2.24, 2.45) is 0 Å². The Morgan fingerprint density at radius 2 is 0.814 bits per heavy atom. The van der Waals surface area contributed by atoms with Crippen LogP contribution in [0.25, 0.3) is 65.7 Å². The molecule has 0 saturated heterocycles. The van der Waals surface area contributed by atoms with E-state index < -0.39 is 0 Å². The molecule has 1 aliphatic rings. The summed E-state index contributed by atoms with van der Waals surface area (Å²) in [6, 6.07) is 59.8. The van der Waals surface area contributed by atoms with Crippen molar-refractivity contribution in [2.75, 3.05) is 4.90 Å². The Hall–Kier alpha value is -5.66. The lowest BCUT2D eigenvalue weighted by atomic mass is 9.87. The first-order valence-corrected chi connectivity index (χ1v) is 14.9. The third-order valence-corrected chi connectivity index (χ3v) is 8.98. The standard InChI is InChI=1S/C42H27N/c1-2-13-29(14-3-1)43-40-23-11-10-20-37(40)35-19-8-9-21-38(35)42-30(22-12-24-41(42)43)28-25-26-36-33-17-5-4-15-31(33)32-16-6-7-18-34(32)39(36)27-28/h1-27H. The van der Waals surface area contributed by atoms with E-state index in [-0.39, 0.29) is 0 Å². The summed E-state index contributed by atoms with van der Waals surface area (Å²) in [7, 11) is 0. The number of para-hydroxylation sites is 2. The summed E-state index contributed by atoms with van der Waals surface area (Å²) >= 11 is 0. The normalized spacial score (nSPS) is 12.1. The average molecular weight is 546 g/mol. The van der Waals surface area contributed by atoms with Gasteiger partial charge in [0.2, 0.25) is 0 Å². The molecule has 9 rings (SSSR count). The first-order chi connectivity index (χ1) is 21.4. The van der Waals surface area contributed by atoms with Crippen molar-refractivity contribution >= 4 is 49.4 Å². The summed E-state index contributed by atoms with van der Waals surface area (Å²) in [4.78, 5) is 2.43. The highest BCUT2D eigenvalue weighted by atomic mass is 15.1. The first kappa shape index (κ1) is 24.0. The molecule has 8 aromatic rings.